The Kier molecular flexibility index (Phi) is 4.05. The Bertz CT molecular complexity index is 852. The summed E-state index contributed by atoms with van der Waals surface area (Å²) in [7, 11) is 0. The van der Waals surface area contributed by atoms with Crippen LogP contribution in [0.2, 0.25) is 0 Å². The van der Waals surface area contributed by atoms with Gasteiger partial charge in [0.15, 0.2) is 12.1 Å². The van der Waals surface area contributed by atoms with E-state index in [1.54, 1.807) is 0 Å². The van der Waals surface area contributed by atoms with Gasteiger partial charge in [-0.1, -0.05) is 38.5 Å². The molecule has 0 N–H and O–H groups in total. The predicted octanol–water partition coefficient (Wildman–Crippen LogP) is 5.76. The molecule has 0 aromatic heterocycles. The monoisotopic (exact) mass is 396 g/mol. The lowest BCUT2D eigenvalue weighted by molar-refractivity contribution is -0.178. The zero-order valence-corrected chi connectivity index (χ0v) is 18.9. The second-order valence-corrected chi connectivity index (χ2v) is 11.2. The second kappa shape index (κ2) is 5.95. The summed E-state index contributed by atoms with van der Waals surface area (Å²) in [5.74, 6) is 1.32. The fourth-order valence-electron chi connectivity index (χ4n) is 8.14. The van der Waals surface area contributed by atoms with Crippen LogP contribution in [0, 0.1) is 28.1 Å². The molecule has 5 aliphatic rings. The average molecular weight is 397 g/mol. The number of rotatable bonds is 1. The Morgan fingerprint density at radius 2 is 1.93 bits per heavy atom. The van der Waals surface area contributed by atoms with Gasteiger partial charge in [0, 0.05) is 10.8 Å². The molecule has 4 fully saturated rings. The highest BCUT2D eigenvalue weighted by Crippen LogP contribution is 2.73. The van der Waals surface area contributed by atoms with Crippen molar-refractivity contribution in [1.82, 2.24) is 0 Å². The third kappa shape index (κ3) is 2.29. The number of ketones is 1. The summed E-state index contributed by atoms with van der Waals surface area (Å²) in [5, 5.41) is 0. The zero-order chi connectivity index (χ0) is 20.8. The number of carbonyl (C=O) groups is 1. The molecule has 0 spiro atoms. The number of allylic oxidation sites excluding steroid dienone is 5. The van der Waals surface area contributed by atoms with Crippen LogP contribution in [-0.4, -0.2) is 23.8 Å². The van der Waals surface area contributed by atoms with Gasteiger partial charge in [0.05, 0.1) is 6.10 Å². The Labute approximate surface area is 175 Å². The lowest BCUT2D eigenvalue weighted by Crippen LogP contribution is -2.59. The zero-order valence-electron chi connectivity index (χ0n) is 18.9. The van der Waals surface area contributed by atoms with Crippen molar-refractivity contribution in [1.29, 1.82) is 0 Å². The quantitative estimate of drug-likeness (QED) is 0.529. The van der Waals surface area contributed by atoms with E-state index in [1.807, 2.05) is 12.2 Å². The van der Waals surface area contributed by atoms with Gasteiger partial charge in [-0.05, 0) is 87.9 Å². The largest absolute Gasteiger partial charge is 0.342 e. The van der Waals surface area contributed by atoms with E-state index in [0.717, 1.165) is 12.8 Å². The van der Waals surface area contributed by atoms with Crippen LogP contribution in [0.15, 0.2) is 35.5 Å². The second-order valence-electron chi connectivity index (χ2n) is 11.2. The van der Waals surface area contributed by atoms with Crippen LogP contribution in [0.1, 0.15) is 73.6 Å². The van der Waals surface area contributed by atoms with Crippen LogP contribution in [0.25, 0.3) is 0 Å². The van der Waals surface area contributed by atoms with Gasteiger partial charge in [0.2, 0.25) is 0 Å². The summed E-state index contributed by atoms with van der Waals surface area (Å²) in [6.07, 6.45) is 13.7. The van der Waals surface area contributed by atoms with Gasteiger partial charge in [-0.25, -0.2) is 0 Å². The highest BCUT2D eigenvalue weighted by molar-refractivity contribution is 6.01. The molecule has 1 aliphatic heterocycles. The maximum atomic E-state index is 12.0. The van der Waals surface area contributed by atoms with E-state index < -0.39 is 0 Å². The third-order valence-electron chi connectivity index (χ3n) is 10.2. The summed E-state index contributed by atoms with van der Waals surface area (Å²) in [4.78, 5) is 12.0. The predicted molar refractivity (Wildman–Crippen MR) is 114 cm³/mol. The molecule has 3 unspecified atom stereocenters. The van der Waals surface area contributed by atoms with Crippen LogP contribution in [-0.2, 0) is 14.3 Å². The fourth-order valence-corrected chi connectivity index (χ4v) is 8.14. The molecule has 4 aliphatic carbocycles. The molecule has 29 heavy (non-hydrogen) atoms. The molecule has 0 bridgehead atoms. The molecule has 158 valence electrons. The third-order valence-corrected chi connectivity index (χ3v) is 10.2. The van der Waals surface area contributed by atoms with E-state index in [0.29, 0.717) is 11.8 Å². The van der Waals surface area contributed by atoms with Crippen LogP contribution < -0.4 is 0 Å². The summed E-state index contributed by atoms with van der Waals surface area (Å²) in [6, 6.07) is 0. The van der Waals surface area contributed by atoms with E-state index in [4.69, 9.17) is 9.47 Å². The van der Waals surface area contributed by atoms with Gasteiger partial charge in [0.1, 0.15) is 5.60 Å². The van der Waals surface area contributed by atoms with Crippen LogP contribution in [0.4, 0.5) is 0 Å². The topological polar surface area (TPSA) is 35.5 Å². The van der Waals surface area contributed by atoms with Gasteiger partial charge in [-0.3, -0.25) is 4.79 Å². The molecular formula is C26H36O3. The van der Waals surface area contributed by atoms with E-state index in [2.05, 4.69) is 53.7 Å². The lowest BCUT2D eigenvalue weighted by atomic mass is 9.41. The van der Waals surface area contributed by atoms with E-state index in [1.165, 1.54) is 30.4 Å². The molecule has 8 atom stereocenters. The molecule has 0 aromatic rings. The van der Waals surface area contributed by atoms with Gasteiger partial charge in [0.25, 0.3) is 0 Å². The number of carbonyl (C=O) groups excluding carboxylic acids is 1. The summed E-state index contributed by atoms with van der Waals surface area (Å²) in [5.41, 5.74) is 2.70. The molecule has 3 heteroatoms. The Morgan fingerprint density at radius 3 is 2.66 bits per heavy atom. The molecule has 0 amide bonds. The number of ether oxygens (including phenoxy) is 2. The van der Waals surface area contributed by atoms with Crippen LogP contribution >= 0.6 is 0 Å². The number of fused-ring (bicyclic) bond motifs is 7. The normalized spacial score (nSPS) is 53.8. The first-order valence-electron chi connectivity index (χ1n) is 11.5. The molecule has 3 nitrogen and oxygen atoms in total. The first kappa shape index (κ1) is 19.8. The van der Waals surface area contributed by atoms with Crippen molar-refractivity contribution in [3.8, 4) is 0 Å². The van der Waals surface area contributed by atoms with Crippen molar-refractivity contribution in [2.24, 2.45) is 28.1 Å². The minimum absolute atomic E-state index is 0.0205. The van der Waals surface area contributed by atoms with Crippen molar-refractivity contribution in [2.45, 2.75) is 91.6 Å². The maximum Gasteiger partial charge on any atom is 0.180 e. The van der Waals surface area contributed by atoms with Crippen LogP contribution in [0.3, 0.4) is 0 Å². The molecule has 3 saturated carbocycles. The molecule has 5 rings (SSSR count). The van der Waals surface area contributed by atoms with Crippen molar-refractivity contribution < 1.29 is 14.3 Å². The first-order chi connectivity index (χ1) is 13.6. The Morgan fingerprint density at radius 1 is 1.17 bits per heavy atom. The van der Waals surface area contributed by atoms with Crippen molar-refractivity contribution in [3.63, 3.8) is 0 Å². The van der Waals surface area contributed by atoms with Crippen molar-refractivity contribution in [3.05, 3.63) is 35.5 Å². The van der Waals surface area contributed by atoms with Crippen molar-refractivity contribution >= 4 is 5.78 Å². The minimum Gasteiger partial charge on any atom is -0.342 e. The summed E-state index contributed by atoms with van der Waals surface area (Å²) < 4.78 is 13.2. The highest BCUT2D eigenvalue weighted by atomic mass is 16.7. The molecular weight excluding hydrogens is 360 g/mol. The highest BCUT2D eigenvalue weighted by Gasteiger charge is 2.72. The van der Waals surface area contributed by atoms with E-state index >= 15 is 0 Å². The summed E-state index contributed by atoms with van der Waals surface area (Å²) >= 11 is 0. The number of hydrogen-bond donors (Lipinski definition) is 0. The smallest absolute Gasteiger partial charge is 0.180 e. The van der Waals surface area contributed by atoms with Crippen molar-refractivity contribution in [2.75, 3.05) is 0 Å². The summed E-state index contributed by atoms with van der Waals surface area (Å²) in [6.45, 7) is 13.9. The van der Waals surface area contributed by atoms with E-state index in [-0.39, 0.29) is 40.0 Å². The van der Waals surface area contributed by atoms with Gasteiger partial charge in [-0.2, -0.15) is 0 Å². The van der Waals surface area contributed by atoms with Gasteiger partial charge >= 0.3 is 0 Å². The molecule has 1 saturated heterocycles. The van der Waals surface area contributed by atoms with Gasteiger partial charge in [-0.15, -0.1) is 0 Å². The average Bonchev–Trinajstić information content (AvgIpc) is 3.12. The molecule has 0 radical (unpaired) electrons. The SMILES string of the molecule is C/C=C(\C)C1OC2C[C@H]3C4(C)CCC5=CC(=O)C=C[C@]5(C)[C@H]4CC[C@]3(C)[C@]2(C)O1. The van der Waals surface area contributed by atoms with Crippen LogP contribution in [0.5, 0.6) is 0 Å². The fraction of sp³-hybridized carbons (Fsp3) is 0.731. The maximum absolute atomic E-state index is 12.0. The standard InChI is InChI=1S/C26H36O3/c1-7-16(2)22-28-21-15-20-24(4)11-8-17-14-18(27)9-12-23(17,3)19(24)10-13-25(20,5)26(21,6)29-22/h7,9,12,14,19-22H,8,10-11,13,15H2,1-6H3/b16-7+/t19-,20+,21?,22?,23+,24?,25+,26-/m1/s1. The lowest BCUT2D eigenvalue weighted by Gasteiger charge is -2.63. The molecule has 0 aromatic carbocycles. The molecule has 1 heterocycles. The van der Waals surface area contributed by atoms with Gasteiger partial charge < -0.3 is 9.47 Å². The Hall–Kier alpha value is -1.19. The van der Waals surface area contributed by atoms with E-state index in [9.17, 15) is 4.79 Å². The minimum atomic E-state index is -0.226. The first-order valence-corrected chi connectivity index (χ1v) is 11.5. The number of hydrogen-bond acceptors (Lipinski definition) is 3. The Balaban J connectivity index is 1.52.